The van der Waals surface area contributed by atoms with Crippen molar-refractivity contribution in [3.8, 4) is 0 Å². The predicted molar refractivity (Wildman–Crippen MR) is 135 cm³/mol. The van der Waals surface area contributed by atoms with Gasteiger partial charge in [0.05, 0.1) is 25.0 Å². The highest BCUT2D eigenvalue weighted by Crippen LogP contribution is 2.06. The van der Waals surface area contributed by atoms with Crippen LogP contribution in [-0.4, -0.2) is 93.9 Å². The van der Waals surface area contributed by atoms with Gasteiger partial charge in [-0.05, 0) is 6.42 Å². The van der Waals surface area contributed by atoms with Crippen molar-refractivity contribution in [1.82, 2.24) is 45.9 Å². The number of rotatable bonds is 16. The van der Waals surface area contributed by atoms with Gasteiger partial charge in [-0.15, -0.1) is 0 Å². The molecule has 0 saturated heterocycles. The molecular weight excluding hydrogens is 528 g/mol. The third-order valence-electron chi connectivity index (χ3n) is 5.82. The lowest BCUT2D eigenvalue weighted by molar-refractivity contribution is -0.143. The average Bonchev–Trinajstić information content (AvgIpc) is 3.70. The van der Waals surface area contributed by atoms with Crippen LogP contribution in [0.15, 0.2) is 37.6 Å². The largest absolute Gasteiger partial charge is 0.481 e. The van der Waals surface area contributed by atoms with Crippen molar-refractivity contribution in [1.29, 1.82) is 0 Å². The normalized spacial score (nSPS) is 13.9. The third-order valence-corrected chi connectivity index (χ3v) is 5.82. The molecule has 4 atom stereocenters. The van der Waals surface area contributed by atoms with E-state index in [4.69, 9.17) is 10.8 Å². The van der Waals surface area contributed by atoms with Gasteiger partial charge in [-0.3, -0.25) is 19.2 Å². The van der Waals surface area contributed by atoms with E-state index >= 15 is 0 Å². The minimum absolute atomic E-state index is 0.0247. The van der Waals surface area contributed by atoms with Gasteiger partial charge in [0.15, 0.2) is 0 Å². The Hall–Kier alpha value is -5.06. The molecule has 3 amide bonds. The van der Waals surface area contributed by atoms with E-state index in [0.29, 0.717) is 17.1 Å². The van der Waals surface area contributed by atoms with Gasteiger partial charge in [-0.25, -0.2) is 19.7 Å². The van der Waals surface area contributed by atoms with E-state index < -0.39 is 60.2 Å². The number of aromatic amines is 3. The van der Waals surface area contributed by atoms with Crippen molar-refractivity contribution >= 4 is 29.7 Å². The third kappa shape index (κ3) is 9.05. The van der Waals surface area contributed by atoms with E-state index in [1.165, 1.54) is 37.6 Å². The molecule has 17 nitrogen and oxygen atoms in total. The smallest absolute Gasteiger partial charge is 0.326 e. The van der Waals surface area contributed by atoms with Crippen LogP contribution in [0.3, 0.4) is 0 Å². The molecule has 3 aromatic rings. The number of imidazole rings is 3. The first-order valence-corrected chi connectivity index (χ1v) is 12.2. The Bertz CT molecular complexity index is 1260. The molecule has 0 aliphatic carbocycles. The number of aliphatic carboxylic acids is 2. The van der Waals surface area contributed by atoms with Crippen LogP contribution in [0.1, 0.15) is 29.9 Å². The second-order valence-electron chi connectivity index (χ2n) is 8.90. The summed E-state index contributed by atoms with van der Waals surface area (Å²) < 4.78 is 0. The molecule has 0 bridgehead atoms. The number of H-pyrrole nitrogens is 3. The summed E-state index contributed by atoms with van der Waals surface area (Å²) in [5, 5.41) is 25.8. The van der Waals surface area contributed by atoms with Crippen LogP contribution >= 0.6 is 0 Å². The molecule has 0 saturated carbocycles. The monoisotopic (exact) mass is 558 g/mol. The molecule has 214 valence electrons. The van der Waals surface area contributed by atoms with Crippen molar-refractivity contribution in [3.63, 3.8) is 0 Å². The average molecular weight is 559 g/mol. The summed E-state index contributed by atoms with van der Waals surface area (Å²) in [6, 6.07) is -5.03. The molecule has 3 rings (SSSR count). The van der Waals surface area contributed by atoms with Gasteiger partial charge in [0.2, 0.25) is 17.7 Å². The molecular formula is C23H30N10O7. The second kappa shape index (κ2) is 14.2. The maximum Gasteiger partial charge on any atom is 0.326 e. The van der Waals surface area contributed by atoms with Crippen LogP contribution in [-0.2, 0) is 43.2 Å². The Labute approximate surface area is 226 Å². The van der Waals surface area contributed by atoms with Gasteiger partial charge < -0.3 is 46.8 Å². The van der Waals surface area contributed by atoms with E-state index in [1.807, 2.05) is 0 Å². The molecule has 0 aliphatic heterocycles. The quantitative estimate of drug-likeness (QED) is 0.0894. The van der Waals surface area contributed by atoms with Gasteiger partial charge in [0.1, 0.15) is 18.1 Å². The molecule has 3 aromatic heterocycles. The van der Waals surface area contributed by atoms with Crippen molar-refractivity contribution < 1.29 is 34.2 Å². The van der Waals surface area contributed by atoms with Gasteiger partial charge in [-0.2, -0.15) is 0 Å². The maximum absolute atomic E-state index is 13.4. The van der Waals surface area contributed by atoms with Crippen molar-refractivity contribution in [2.45, 2.75) is 56.3 Å². The number of hydrogen-bond acceptors (Lipinski definition) is 9. The predicted octanol–water partition coefficient (Wildman–Crippen LogP) is -2.39. The number of nitrogens with one attached hydrogen (secondary N) is 6. The Balaban J connectivity index is 1.76. The molecule has 4 unspecified atom stereocenters. The van der Waals surface area contributed by atoms with E-state index in [0.717, 1.165) is 0 Å². The molecule has 10 N–H and O–H groups in total. The number of hydrogen-bond donors (Lipinski definition) is 9. The van der Waals surface area contributed by atoms with Crippen molar-refractivity contribution in [3.05, 3.63) is 54.7 Å². The topological polar surface area (TPSA) is 274 Å². The van der Waals surface area contributed by atoms with Gasteiger partial charge in [-0.1, -0.05) is 0 Å². The Morgan fingerprint density at radius 1 is 0.700 bits per heavy atom. The number of nitrogens with zero attached hydrogens (tertiary/aromatic N) is 3. The highest BCUT2D eigenvalue weighted by molar-refractivity contribution is 5.94. The summed E-state index contributed by atoms with van der Waals surface area (Å²) in [6.45, 7) is 0. The highest BCUT2D eigenvalue weighted by atomic mass is 16.4. The number of aromatic nitrogens is 6. The number of carbonyl (C=O) groups excluding carboxylic acids is 3. The molecule has 17 heteroatoms. The number of carboxylic acid groups (broad SMARTS) is 2. The second-order valence-corrected chi connectivity index (χ2v) is 8.90. The fraction of sp³-hybridized carbons (Fsp3) is 0.391. The minimum atomic E-state index is -1.51. The molecule has 0 spiro atoms. The summed E-state index contributed by atoms with van der Waals surface area (Å²) in [5.41, 5.74) is 7.60. The van der Waals surface area contributed by atoms with Crippen LogP contribution in [0.5, 0.6) is 0 Å². The summed E-state index contributed by atoms with van der Waals surface area (Å²) in [7, 11) is 0. The van der Waals surface area contributed by atoms with Gasteiger partial charge in [0.25, 0.3) is 0 Å². The fourth-order valence-electron chi connectivity index (χ4n) is 3.73. The zero-order valence-electron chi connectivity index (χ0n) is 21.2. The Morgan fingerprint density at radius 2 is 1.12 bits per heavy atom. The number of nitrogens with two attached hydrogens (primary N) is 1. The van der Waals surface area contributed by atoms with Crippen LogP contribution in [0.4, 0.5) is 0 Å². The molecule has 0 fully saturated rings. The number of carboxylic acids is 2. The van der Waals surface area contributed by atoms with E-state index in [1.54, 1.807) is 0 Å². The SMILES string of the molecule is NC(Cc1cnc[nH]1)C(=O)NC(Cc1cnc[nH]1)C(=O)NC(Cc1cnc[nH]1)C(=O)NC(CCC(=O)O)C(=O)O. The zero-order valence-corrected chi connectivity index (χ0v) is 21.2. The summed E-state index contributed by atoms with van der Waals surface area (Å²) in [6.07, 6.45) is 7.74. The fourth-order valence-corrected chi connectivity index (χ4v) is 3.73. The minimum Gasteiger partial charge on any atom is -0.481 e. The van der Waals surface area contributed by atoms with E-state index in [2.05, 4.69) is 45.9 Å². The lowest BCUT2D eigenvalue weighted by Gasteiger charge is -2.25. The van der Waals surface area contributed by atoms with E-state index in [9.17, 15) is 29.1 Å². The standard InChI is InChI=1S/C23H30N10O7/c24-15(3-12-6-25-9-28-12)20(36)32-17(4-13-7-26-10-29-13)22(38)33-18(5-14-8-27-11-30-14)21(37)31-16(23(39)40)1-2-19(34)35/h6-11,15-18H,1-5,24H2,(H,25,28)(H,26,29)(H,27,30)(H,31,37)(H,32,36)(H,33,38)(H,34,35)(H,39,40). The lowest BCUT2D eigenvalue weighted by atomic mass is 10.1. The number of carbonyl (C=O) groups is 5. The van der Waals surface area contributed by atoms with E-state index in [-0.39, 0.29) is 25.7 Å². The molecule has 0 aliphatic rings. The molecule has 40 heavy (non-hydrogen) atoms. The molecule has 0 aromatic carbocycles. The Kier molecular flexibility index (Phi) is 10.5. The molecule has 3 heterocycles. The number of amides is 3. The first-order chi connectivity index (χ1) is 19.1. The first-order valence-electron chi connectivity index (χ1n) is 12.2. The Morgan fingerprint density at radius 3 is 1.52 bits per heavy atom. The maximum atomic E-state index is 13.4. The zero-order chi connectivity index (χ0) is 29.1. The van der Waals surface area contributed by atoms with Crippen LogP contribution in [0.2, 0.25) is 0 Å². The summed E-state index contributed by atoms with van der Waals surface area (Å²) >= 11 is 0. The first kappa shape index (κ1) is 29.5. The van der Waals surface area contributed by atoms with Crippen molar-refractivity contribution in [2.75, 3.05) is 0 Å². The summed E-state index contributed by atoms with van der Waals surface area (Å²) in [5.74, 6) is -4.93. The van der Waals surface area contributed by atoms with Crippen LogP contribution in [0, 0.1) is 0 Å². The van der Waals surface area contributed by atoms with Crippen molar-refractivity contribution in [2.24, 2.45) is 5.73 Å². The lowest BCUT2D eigenvalue weighted by Crippen LogP contribution is -2.58. The van der Waals surface area contributed by atoms with Gasteiger partial charge >= 0.3 is 11.9 Å². The van der Waals surface area contributed by atoms with Crippen LogP contribution < -0.4 is 21.7 Å². The molecule has 0 radical (unpaired) electrons. The highest BCUT2D eigenvalue weighted by Gasteiger charge is 2.31. The van der Waals surface area contributed by atoms with Gasteiger partial charge in [0, 0.05) is 61.4 Å². The van der Waals surface area contributed by atoms with Crippen LogP contribution in [0.25, 0.3) is 0 Å². The summed E-state index contributed by atoms with van der Waals surface area (Å²) in [4.78, 5) is 82.0.